The highest BCUT2D eigenvalue weighted by molar-refractivity contribution is 7.12. The fourth-order valence-corrected chi connectivity index (χ4v) is 3.09. The molecule has 1 atom stereocenters. The Balaban J connectivity index is 2.26. The highest BCUT2D eigenvalue weighted by atomic mass is 32.1. The van der Waals surface area contributed by atoms with Crippen molar-refractivity contribution in [3.63, 3.8) is 0 Å². The Labute approximate surface area is 121 Å². The first kappa shape index (κ1) is 15.6. The molecule has 1 aromatic heterocycles. The van der Waals surface area contributed by atoms with Crippen LogP contribution in [0.15, 0.2) is 11.4 Å². The number of ether oxygens (including phenoxy) is 1. The summed E-state index contributed by atoms with van der Waals surface area (Å²) in [5.41, 5.74) is -2.90. The van der Waals surface area contributed by atoms with Crippen molar-refractivity contribution in [3.8, 4) is 5.75 Å². The number of carboxylic acid groups (broad SMARTS) is 1. The van der Waals surface area contributed by atoms with E-state index in [1.165, 1.54) is 13.2 Å². The van der Waals surface area contributed by atoms with Gasteiger partial charge in [-0.2, -0.15) is 13.2 Å². The minimum Gasteiger partial charge on any atom is -0.495 e. The van der Waals surface area contributed by atoms with E-state index in [0.717, 1.165) is 16.2 Å². The Kier molecular flexibility index (Phi) is 3.87. The molecule has 0 bridgehead atoms. The van der Waals surface area contributed by atoms with Crippen LogP contribution in [0.2, 0.25) is 0 Å². The molecule has 1 N–H and O–H groups in total. The van der Waals surface area contributed by atoms with Crippen LogP contribution >= 0.6 is 11.3 Å². The number of methoxy groups -OCH3 is 1. The fourth-order valence-electron chi connectivity index (χ4n) is 2.27. The maximum Gasteiger partial charge on any atom is 0.406 e. The molecule has 1 aliphatic rings. The van der Waals surface area contributed by atoms with Crippen LogP contribution in [0, 0.1) is 5.41 Å². The van der Waals surface area contributed by atoms with Gasteiger partial charge in [0.25, 0.3) is 5.91 Å². The van der Waals surface area contributed by atoms with Gasteiger partial charge in [-0.1, -0.05) is 0 Å². The summed E-state index contributed by atoms with van der Waals surface area (Å²) in [6.07, 6.45) is -5.56. The lowest BCUT2D eigenvalue weighted by molar-refractivity contribution is -0.227. The molecular weight excluding hydrogens is 311 g/mol. The molecule has 1 amide bonds. The maximum atomic E-state index is 13.1. The molecule has 0 spiro atoms. The van der Waals surface area contributed by atoms with Gasteiger partial charge < -0.3 is 14.7 Å². The molecule has 21 heavy (non-hydrogen) atoms. The van der Waals surface area contributed by atoms with Gasteiger partial charge in [-0.05, 0) is 17.9 Å². The molecule has 0 radical (unpaired) electrons. The lowest BCUT2D eigenvalue weighted by Gasteiger charge is -2.27. The van der Waals surface area contributed by atoms with E-state index in [9.17, 15) is 22.8 Å². The van der Waals surface area contributed by atoms with Gasteiger partial charge in [-0.25, -0.2) is 0 Å². The number of rotatable bonds is 3. The van der Waals surface area contributed by atoms with E-state index in [2.05, 4.69) is 0 Å². The second-order valence-corrected chi connectivity index (χ2v) is 5.60. The average Bonchev–Trinajstić information content (AvgIpc) is 3.04. The highest BCUT2D eigenvalue weighted by Crippen LogP contribution is 2.46. The van der Waals surface area contributed by atoms with Gasteiger partial charge in [0.1, 0.15) is 10.6 Å². The summed E-state index contributed by atoms with van der Waals surface area (Å²) in [5, 5.41) is 10.5. The number of likely N-dealkylation sites (tertiary alicyclic amines) is 1. The Morgan fingerprint density at radius 3 is 2.62 bits per heavy atom. The van der Waals surface area contributed by atoms with Crippen molar-refractivity contribution < 1.29 is 32.6 Å². The molecule has 2 heterocycles. The monoisotopic (exact) mass is 323 g/mol. The van der Waals surface area contributed by atoms with Gasteiger partial charge in [0.2, 0.25) is 0 Å². The molecule has 1 fully saturated rings. The van der Waals surface area contributed by atoms with Crippen LogP contribution in [-0.2, 0) is 4.79 Å². The number of alkyl halides is 3. The van der Waals surface area contributed by atoms with Gasteiger partial charge in [0.05, 0.1) is 7.11 Å². The third-order valence-corrected chi connectivity index (χ3v) is 4.44. The number of carboxylic acids is 1. The Morgan fingerprint density at radius 1 is 1.48 bits per heavy atom. The molecule has 1 aromatic rings. The number of aliphatic carboxylic acids is 1. The molecule has 2 rings (SSSR count). The van der Waals surface area contributed by atoms with Crippen LogP contribution < -0.4 is 4.74 Å². The third-order valence-electron chi connectivity index (χ3n) is 3.55. The van der Waals surface area contributed by atoms with Crippen LogP contribution in [0.25, 0.3) is 0 Å². The topological polar surface area (TPSA) is 66.8 Å². The smallest absolute Gasteiger partial charge is 0.406 e. The number of nitrogens with zero attached hydrogens (tertiary/aromatic N) is 1. The Bertz CT molecular complexity index is 571. The standard InChI is InChI=1S/C12H12F3NO4S/c1-20-7-2-5-21-8(7)9(17)16-4-3-11(6-16,10(18)19)12(13,14)15/h2,5H,3-4,6H2,1H3,(H,18,19). The molecule has 1 unspecified atom stereocenters. The van der Waals surface area contributed by atoms with Crippen molar-refractivity contribution in [2.75, 3.05) is 20.2 Å². The summed E-state index contributed by atoms with van der Waals surface area (Å²) < 4.78 is 44.1. The van der Waals surface area contributed by atoms with Crippen LogP contribution in [0.4, 0.5) is 13.2 Å². The zero-order valence-corrected chi connectivity index (χ0v) is 11.8. The van der Waals surface area contributed by atoms with E-state index in [1.807, 2.05) is 0 Å². The lowest BCUT2D eigenvalue weighted by atomic mass is 9.86. The van der Waals surface area contributed by atoms with Gasteiger partial charge in [0.15, 0.2) is 5.41 Å². The molecule has 116 valence electrons. The summed E-state index contributed by atoms with van der Waals surface area (Å²) in [6, 6.07) is 1.53. The van der Waals surface area contributed by atoms with Gasteiger partial charge in [0, 0.05) is 13.1 Å². The summed E-state index contributed by atoms with van der Waals surface area (Å²) >= 11 is 1.04. The predicted molar refractivity (Wildman–Crippen MR) is 67.5 cm³/mol. The minimum absolute atomic E-state index is 0.167. The quantitative estimate of drug-likeness (QED) is 0.926. The summed E-state index contributed by atoms with van der Waals surface area (Å²) in [7, 11) is 1.35. The number of carbonyl (C=O) groups is 2. The number of hydrogen-bond donors (Lipinski definition) is 1. The van der Waals surface area contributed by atoms with Crippen LogP contribution in [-0.4, -0.2) is 48.3 Å². The number of carbonyl (C=O) groups excluding carboxylic acids is 1. The average molecular weight is 323 g/mol. The maximum absolute atomic E-state index is 13.1. The van der Waals surface area contributed by atoms with Crippen LogP contribution in [0.5, 0.6) is 5.75 Å². The van der Waals surface area contributed by atoms with Crippen molar-refractivity contribution in [1.29, 1.82) is 0 Å². The van der Waals surface area contributed by atoms with Gasteiger partial charge >= 0.3 is 12.1 Å². The molecule has 1 saturated heterocycles. The first-order chi connectivity index (χ1) is 9.73. The normalized spacial score (nSPS) is 22.4. The number of amides is 1. The molecule has 0 aromatic carbocycles. The third kappa shape index (κ3) is 2.45. The Morgan fingerprint density at radius 2 is 2.14 bits per heavy atom. The van der Waals surface area contributed by atoms with Crippen molar-refractivity contribution in [2.24, 2.45) is 5.41 Å². The first-order valence-electron chi connectivity index (χ1n) is 5.94. The van der Waals surface area contributed by atoms with Crippen molar-refractivity contribution in [3.05, 3.63) is 16.3 Å². The van der Waals surface area contributed by atoms with Crippen LogP contribution in [0.3, 0.4) is 0 Å². The fraction of sp³-hybridized carbons (Fsp3) is 0.500. The van der Waals surface area contributed by atoms with Crippen molar-refractivity contribution in [2.45, 2.75) is 12.6 Å². The van der Waals surface area contributed by atoms with Gasteiger partial charge in [-0.15, -0.1) is 11.3 Å². The number of thiophene rings is 1. The zero-order valence-electron chi connectivity index (χ0n) is 10.9. The lowest BCUT2D eigenvalue weighted by Crippen LogP contribution is -2.47. The minimum atomic E-state index is -4.91. The van der Waals surface area contributed by atoms with Crippen molar-refractivity contribution >= 4 is 23.2 Å². The predicted octanol–water partition coefficient (Wildman–Crippen LogP) is 2.24. The molecule has 1 aliphatic heterocycles. The van der Waals surface area contributed by atoms with Crippen LogP contribution in [0.1, 0.15) is 16.1 Å². The van der Waals surface area contributed by atoms with E-state index in [1.54, 1.807) is 5.38 Å². The first-order valence-corrected chi connectivity index (χ1v) is 6.82. The molecule has 0 aliphatic carbocycles. The van der Waals surface area contributed by atoms with E-state index < -0.39 is 36.4 Å². The second-order valence-electron chi connectivity index (χ2n) is 4.68. The highest BCUT2D eigenvalue weighted by Gasteiger charge is 2.64. The number of hydrogen-bond acceptors (Lipinski definition) is 4. The Hall–Kier alpha value is -1.77. The largest absolute Gasteiger partial charge is 0.495 e. The molecular formula is C12H12F3NO4S. The zero-order chi connectivity index (χ0) is 15.8. The summed E-state index contributed by atoms with van der Waals surface area (Å²) in [4.78, 5) is 24.4. The van der Waals surface area contributed by atoms with Crippen molar-refractivity contribution in [1.82, 2.24) is 4.90 Å². The molecule has 9 heteroatoms. The summed E-state index contributed by atoms with van der Waals surface area (Å²) in [6.45, 7) is -1.14. The second kappa shape index (κ2) is 5.21. The van der Waals surface area contributed by atoms with E-state index >= 15 is 0 Å². The van der Waals surface area contributed by atoms with E-state index in [0.29, 0.717) is 0 Å². The molecule has 5 nitrogen and oxygen atoms in total. The summed E-state index contributed by atoms with van der Waals surface area (Å²) in [5.74, 6) is -2.33. The number of halogens is 3. The van der Waals surface area contributed by atoms with E-state index in [-0.39, 0.29) is 17.2 Å². The van der Waals surface area contributed by atoms with E-state index in [4.69, 9.17) is 9.84 Å². The SMILES string of the molecule is COc1ccsc1C(=O)N1CCC(C(=O)O)(C(F)(F)F)C1. The van der Waals surface area contributed by atoms with Gasteiger partial charge in [-0.3, -0.25) is 9.59 Å². The molecule has 0 saturated carbocycles.